The average molecular weight is 495 g/mol. The van der Waals surface area contributed by atoms with Gasteiger partial charge in [-0.05, 0) is 75.2 Å². The van der Waals surface area contributed by atoms with Crippen molar-refractivity contribution in [3.8, 4) is 5.75 Å². The van der Waals surface area contributed by atoms with E-state index in [1.165, 1.54) is 11.8 Å². The first-order valence-corrected chi connectivity index (χ1v) is 9.86. The van der Waals surface area contributed by atoms with Crippen LogP contribution in [0, 0.1) is 0 Å². The Balaban J connectivity index is 1.71. The van der Waals surface area contributed by atoms with Gasteiger partial charge in [0.1, 0.15) is 5.75 Å². The highest BCUT2D eigenvalue weighted by Crippen LogP contribution is 2.27. The Hall–Kier alpha value is -1.90. The van der Waals surface area contributed by atoms with Gasteiger partial charge in [0.25, 0.3) is 5.91 Å². The van der Waals surface area contributed by atoms with Crippen LogP contribution in [0.4, 0.5) is 0 Å². The summed E-state index contributed by atoms with van der Waals surface area (Å²) in [5.41, 5.74) is 1.80. The summed E-state index contributed by atoms with van der Waals surface area (Å²) in [5.74, 6) is 0.561. The van der Waals surface area contributed by atoms with E-state index in [1.54, 1.807) is 13.3 Å². The molecule has 0 aliphatic carbocycles. The molecular weight excluding hydrogens is 482 g/mol. The number of carbonyl (C=O) groups excluding carboxylic acids is 1. The molecule has 0 unspecified atom stereocenters. The van der Waals surface area contributed by atoms with Crippen LogP contribution in [-0.4, -0.2) is 24.4 Å². The van der Waals surface area contributed by atoms with Gasteiger partial charge in [-0.25, -0.2) is 0 Å². The molecule has 3 rings (SSSR count). The number of hydrogen-bond donors (Lipinski definition) is 1. The van der Waals surface area contributed by atoms with Crippen molar-refractivity contribution < 1.29 is 9.53 Å². The smallest absolute Gasteiger partial charge is 0.264 e. The maximum Gasteiger partial charge on any atom is 0.264 e. The molecule has 132 valence electrons. The molecule has 1 aliphatic rings. The Morgan fingerprint density at radius 1 is 1.15 bits per heavy atom. The molecule has 0 aromatic heterocycles. The fourth-order valence-electron chi connectivity index (χ4n) is 2.13. The van der Waals surface area contributed by atoms with E-state index in [4.69, 9.17) is 4.74 Å². The maximum absolute atomic E-state index is 12.1. The standard InChI is InChI=1S/C18H13Br2N3O2S/c1-25-15-6-5-12(8-14(15)20)10-21-23-18-22-17(24)16(26-18)9-11-3-2-4-13(19)7-11/h2-10H,1H3,(H,22,23,24)/b16-9-,21-10+. The van der Waals surface area contributed by atoms with Crippen molar-refractivity contribution in [3.05, 3.63) is 67.4 Å². The summed E-state index contributed by atoms with van der Waals surface area (Å²) in [6, 6.07) is 13.3. The Labute approximate surface area is 171 Å². The van der Waals surface area contributed by atoms with Crippen molar-refractivity contribution in [3.63, 3.8) is 0 Å². The first kappa shape index (κ1) is 18.9. The number of amides is 1. The lowest BCUT2D eigenvalue weighted by molar-refractivity contribution is -0.115. The van der Waals surface area contributed by atoms with Gasteiger partial charge in [0.2, 0.25) is 0 Å². The quantitative estimate of drug-likeness (QED) is 0.376. The summed E-state index contributed by atoms with van der Waals surface area (Å²) in [7, 11) is 1.61. The highest BCUT2D eigenvalue weighted by atomic mass is 79.9. The molecule has 1 aliphatic heterocycles. The van der Waals surface area contributed by atoms with Crippen LogP contribution in [0.1, 0.15) is 11.1 Å². The largest absolute Gasteiger partial charge is 0.496 e. The number of carbonyl (C=O) groups is 1. The van der Waals surface area contributed by atoms with E-state index >= 15 is 0 Å². The van der Waals surface area contributed by atoms with Crippen molar-refractivity contribution in [2.24, 2.45) is 10.2 Å². The summed E-state index contributed by atoms with van der Waals surface area (Å²) in [4.78, 5) is 12.6. The summed E-state index contributed by atoms with van der Waals surface area (Å²) in [5, 5.41) is 11.3. The van der Waals surface area contributed by atoms with Crippen LogP contribution in [0.3, 0.4) is 0 Å². The highest BCUT2D eigenvalue weighted by Gasteiger charge is 2.23. The van der Waals surface area contributed by atoms with Crippen LogP contribution < -0.4 is 10.1 Å². The van der Waals surface area contributed by atoms with E-state index in [0.717, 1.165) is 25.8 Å². The van der Waals surface area contributed by atoms with E-state index in [2.05, 4.69) is 47.4 Å². The monoisotopic (exact) mass is 493 g/mol. The topological polar surface area (TPSA) is 63.1 Å². The average Bonchev–Trinajstić information content (AvgIpc) is 2.95. The Bertz CT molecular complexity index is 942. The van der Waals surface area contributed by atoms with Gasteiger partial charge in [-0.3, -0.25) is 10.1 Å². The third kappa shape index (κ3) is 4.84. The number of rotatable bonds is 4. The zero-order valence-corrected chi connectivity index (χ0v) is 17.6. The third-order valence-corrected chi connectivity index (χ3v) is 5.34. The molecule has 2 aromatic carbocycles. The Morgan fingerprint density at radius 3 is 2.73 bits per heavy atom. The second-order valence-corrected chi connectivity index (χ2v) is 7.96. The minimum atomic E-state index is -0.184. The Kier molecular flexibility index (Phi) is 6.29. The fourth-order valence-corrected chi connectivity index (χ4v) is 3.89. The van der Waals surface area contributed by atoms with Crippen molar-refractivity contribution in [2.45, 2.75) is 0 Å². The summed E-state index contributed by atoms with van der Waals surface area (Å²) in [6.07, 6.45) is 3.43. The predicted molar refractivity (Wildman–Crippen MR) is 114 cm³/mol. The summed E-state index contributed by atoms with van der Waals surface area (Å²) >= 11 is 8.10. The van der Waals surface area contributed by atoms with Gasteiger partial charge in [-0.15, -0.1) is 5.10 Å². The number of hydrogen-bond acceptors (Lipinski definition) is 5. The second kappa shape index (κ2) is 8.66. The highest BCUT2D eigenvalue weighted by molar-refractivity contribution is 9.10. The van der Waals surface area contributed by atoms with Crippen LogP contribution in [-0.2, 0) is 4.79 Å². The zero-order valence-electron chi connectivity index (χ0n) is 13.6. The third-order valence-electron chi connectivity index (χ3n) is 3.33. The molecular formula is C18H13Br2N3O2S. The van der Waals surface area contributed by atoms with Crippen molar-refractivity contribution in [1.29, 1.82) is 0 Å². The van der Waals surface area contributed by atoms with Crippen LogP contribution in [0.15, 0.2) is 66.5 Å². The molecule has 5 nitrogen and oxygen atoms in total. The number of thioether (sulfide) groups is 1. The van der Waals surface area contributed by atoms with Gasteiger partial charge in [-0.1, -0.05) is 28.1 Å². The molecule has 0 saturated carbocycles. The lowest BCUT2D eigenvalue weighted by atomic mass is 10.2. The van der Waals surface area contributed by atoms with Gasteiger partial charge in [0, 0.05) is 4.47 Å². The van der Waals surface area contributed by atoms with Gasteiger partial charge in [-0.2, -0.15) is 5.10 Å². The Morgan fingerprint density at radius 2 is 2.00 bits per heavy atom. The molecule has 26 heavy (non-hydrogen) atoms. The van der Waals surface area contributed by atoms with E-state index < -0.39 is 0 Å². The lowest BCUT2D eigenvalue weighted by Gasteiger charge is -2.02. The SMILES string of the molecule is COc1ccc(/C=N/N=C2\NC(=O)/C(=C/c3cccc(Br)c3)S2)cc1Br. The molecule has 1 fully saturated rings. The minimum absolute atomic E-state index is 0.184. The molecule has 1 amide bonds. The summed E-state index contributed by atoms with van der Waals surface area (Å²) < 4.78 is 6.98. The minimum Gasteiger partial charge on any atom is -0.496 e. The molecule has 0 radical (unpaired) electrons. The lowest BCUT2D eigenvalue weighted by Crippen LogP contribution is -2.19. The molecule has 1 saturated heterocycles. The van der Waals surface area contributed by atoms with E-state index in [0.29, 0.717) is 10.1 Å². The van der Waals surface area contributed by atoms with Gasteiger partial charge >= 0.3 is 0 Å². The molecule has 1 N–H and O–H groups in total. The molecule has 1 heterocycles. The predicted octanol–water partition coefficient (Wildman–Crippen LogP) is 4.81. The number of benzene rings is 2. The van der Waals surface area contributed by atoms with Crippen LogP contribution in [0.5, 0.6) is 5.75 Å². The molecule has 0 atom stereocenters. The molecule has 2 aromatic rings. The van der Waals surface area contributed by atoms with Crippen molar-refractivity contribution >= 4 is 67.0 Å². The van der Waals surface area contributed by atoms with E-state index in [-0.39, 0.29) is 5.91 Å². The number of methoxy groups -OCH3 is 1. The first-order chi connectivity index (χ1) is 12.5. The number of ether oxygens (including phenoxy) is 1. The van der Waals surface area contributed by atoms with Gasteiger partial charge < -0.3 is 4.74 Å². The van der Waals surface area contributed by atoms with Gasteiger partial charge in [0.05, 0.1) is 22.7 Å². The van der Waals surface area contributed by atoms with Crippen LogP contribution in [0.25, 0.3) is 6.08 Å². The summed E-state index contributed by atoms with van der Waals surface area (Å²) in [6.45, 7) is 0. The number of amidine groups is 1. The molecule has 0 bridgehead atoms. The fraction of sp³-hybridized carbons (Fsp3) is 0.0556. The second-order valence-electron chi connectivity index (χ2n) is 5.16. The zero-order chi connectivity index (χ0) is 18.5. The number of nitrogens with zero attached hydrogens (tertiary/aromatic N) is 2. The maximum atomic E-state index is 12.1. The van der Waals surface area contributed by atoms with E-state index in [1.807, 2.05) is 48.5 Å². The van der Waals surface area contributed by atoms with E-state index in [9.17, 15) is 4.79 Å². The molecule has 0 spiro atoms. The number of halogens is 2. The van der Waals surface area contributed by atoms with Crippen molar-refractivity contribution in [2.75, 3.05) is 7.11 Å². The first-order valence-electron chi connectivity index (χ1n) is 7.46. The van der Waals surface area contributed by atoms with Gasteiger partial charge in [0.15, 0.2) is 5.17 Å². The van der Waals surface area contributed by atoms with Crippen LogP contribution in [0.2, 0.25) is 0 Å². The van der Waals surface area contributed by atoms with Crippen LogP contribution >= 0.6 is 43.6 Å². The van der Waals surface area contributed by atoms with Crippen molar-refractivity contribution in [1.82, 2.24) is 5.32 Å². The molecule has 8 heteroatoms. The normalized spacial score (nSPS) is 17.3. The number of nitrogens with one attached hydrogen (secondary N) is 1.